The Bertz CT molecular complexity index is 489. The highest BCUT2D eigenvalue weighted by Crippen LogP contribution is 2.37. The van der Waals surface area contributed by atoms with E-state index < -0.39 is 0 Å². The van der Waals surface area contributed by atoms with Crippen LogP contribution in [-0.2, 0) is 16.6 Å². The van der Waals surface area contributed by atoms with E-state index in [4.69, 9.17) is 4.74 Å². The van der Waals surface area contributed by atoms with Crippen LogP contribution in [-0.4, -0.2) is 35.4 Å². The van der Waals surface area contributed by atoms with Gasteiger partial charge in [-0.15, -0.1) is 0 Å². The van der Waals surface area contributed by atoms with Gasteiger partial charge in [0.1, 0.15) is 11.5 Å². The maximum Gasteiger partial charge on any atom is 0.232 e. The minimum atomic E-state index is -0.344. The number of hydrogen-bond donors (Lipinski definition) is 2. The summed E-state index contributed by atoms with van der Waals surface area (Å²) in [5.74, 6) is 0.984. The molecule has 1 aromatic heterocycles. The number of fused-ring (bicyclic) bond motifs is 1. The molecule has 98 valence electrons. The SMILES string of the molecule is Cc1nn(C)c2c1NC(=O)C1(CCOCC1)CN2. The Morgan fingerprint density at radius 1 is 1.39 bits per heavy atom. The lowest BCUT2D eigenvalue weighted by atomic mass is 9.79. The third-order valence-corrected chi connectivity index (χ3v) is 3.99. The minimum Gasteiger partial charge on any atom is -0.381 e. The molecule has 1 fully saturated rings. The molecule has 0 saturated carbocycles. The highest BCUT2D eigenvalue weighted by Gasteiger charge is 2.42. The summed E-state index contributed by atoms with van der Waals surface area (Å²) in [6.45, 7) is 3.86. The second kappa shape index (κ2) is 3.98. The maximum atomic E-state index is 12.5. The normalized spacial score (nSPS) is 22.0. The van der Waals surface area contributed by atoms with E-state index in [0.29, 0.717) is 19.8 Å². The zero-order valence-corrected chi connectivity index (χ0v) is 10.7. The molecule has 2 aliphatic rings. The van der Waals surface area contributed by atoms with E-state index in [1.165, 1.54) is 0 Å². The summed E-state index contributed by atoms with van der Waals surface area (Å²) in [6.07, 6.45) is 1.54. The molecule has 0 radical (unpaired) electrons. The van der Waals surface area contributed by atoms with Crippen molar-refractivity contribution in [2.75, 3.05) is 30.4 Å². The fourth-order valence-electron chi connectivity index (χ4n) is 2.76. The summed E-state index contributed by atoms with van der Waals surface area (Å²) in [7, 11) is 1.88. The third kappa shape index (κ3) is 1.59. The first kappa shape index (κ1) is 11.5. The average molecular weight is 250 g/mol. The van der Waals surface area contributed by atoms with Gasteiger partial charge in [0.15, 0.2) is 0 Å². The van der Waals surface area contributed by atoms with Crippen molar-refractivity contribution in [1.82, 2.24) is 9.78 Å². The monoisotopic (exact) mass is 250 g/mol. The lowest BCUT2D eigenvalue weighted by Crippen LogP contribution is -2.44. The van der Waals surface area contributed by atoms with Crippen LogP contribution in [0.4, 0.5) is 11.5 Å². The van der Waals surface area contributed by atoms with Crippen molar-refractivity contribution < 1.29 is 9.53 Å². The fourth-order valence-corrected chi connectivity index (χ4v) is 2.76. The number of nitrogens with one attached hydrogen (secondary N) is 2. The molecule has 0 aliphatic carbocycles. The molecular weight excluding hydrogens is 232 g/mol. The van der Waals surface area contributed by atoms with E-state index in [2.05, 4.69) is 15.7 Å². The predicted molar refractivity (Wildman–Crippen MR) is 67.6 cm³/mol. The van der Waals surface area contributed by atoms with Gasteiger partial charge in [-0.05, 0) is 19.8 Å². The van der Waals surface area contributed by atoms with Crippen molar-refractivity contribution >= 4 is 17.4 Å². The van der Waals surface area contributed by atoms with Gasteiger partial charge in [-0.25, -0.2) is 0 Å². The Hall–Kier alpha value is -1.56. The molecule has 1 spiro atoms. The first-order chi connectivity index (χ1) is 8.62. The lowest BCUT2D eigenvalue weighted by molar-refractivity contribution is -0.129. The molecule has 0 unspecified atom stereocenters. The van der Waals surface area contributed by atoms with E-state index >= 15 is 0 Å². The Balaban J connectivity index is 1.95. The number of rotatable bonds is 0. The first-order valence-electron chi connectivity index (χ1n) is 6.29. The molecule has 0 aromatic carbocycles. The van der Waals surface area contributed by atoms with Crippen LogP contribution in [0.5, 0.6) is 0 Å². The highest BCUT2D eigenvalue weighted by molar-refractivity contribution is 6.00. The molecule has 0 bridgehead atoms. The number of carbonyl (C=O) groups excluding carboxylic acids is 1. The molecule has 6 nitrogen and oxygen atoms in total. The van der Waals surface area contributed by atoms with Crippen LogP contribution in [0.2, 0.25) is 0 Å². The topological polar surface area (TPSA) is 68.2 Å². The van der Waals surface area contributed by atoms with Crippen LogP contribution in [0.15, 0.2) is 0 Å². The number of aryl methyl sites for hydroxylation is 2. The average Bonchev–Trinajstić information content (AvgIpc) is 2.54. The summed E-state index contributed by atoms with van der Waals surface area (Å²) in [4.78, 5) is 12.5. The number of anilines is 2. The van der Waals surface area contributed by atoms with Crippen LogP contribution in [0.3, 0.4) is 0 Å². The molecule has 2 aliphatic heterocycles. The van der Waals surface area contributed by atoms with Gasteiger partial charge in [-0.3, -0.25) is 9.48 Å². The van der Waals surface area contributed by atoms with Gasteiger partial charge in [0.25, 0.3) is 0 Å². The minimum absolute atomic E-state index is 0.0909. The Kier molecular flexibility index (Phi) is 2.55. The predicted octanol–water partition coefficient (Wildman–Crippen LogP) is 0.889. The van der Waals surface area contributed by atoms with Gasteiger partial charge < -0.3 is 15.4 Å². The Labute approximate surface area is 106 Å². The quantitative estimate of drug-likeness (QED) is 0.717. The fraction of sp³-hybridized carbons (Fsp3) is 0.667. The van der Waals surface area contributed by atoms with Crippen LogP contribution in [0, 0.1) is 12.3 Å². The number of amides is 1. The Morgan fingerprint density at radius 2 is 2.11 bits per heavy atom. The van der Waals surface area contributed by atoms with Crippen molar-refractivity contribution in [3.05, 3.63) is 5.69 Å². The zero-order chi connectivity index (χ0) is 12.8. The second-order valence-electron chi connectivity index (χ2n) is 5.13. The molecule has 1 aromatic rings. The highest BCUT2D eigenvalue weighted by atomic mass is 16.5. The molecule has 18 heavy (non-hydrogen) atoms. The van der Waals surface area contributed by atoms with Gasteiger partial charge in [0, 0.05) is 26.8 Å². The molecule has 6 heteroatoms. The van der Waals surface area contributed by atoms with Crippen molar-refractivity contribution in [2.45, 2.75) is 19.8 Å². The van der Waals surface area contributed by atoms with E-state index in [-0.39, 0.29) is 11.3 Å². The van der Waals surface area contributed by atoms with Crippen molar-refractivity contribution in [2.24, 2.45) is 12.5 Å². The zero-order valence-electron chi connectivity index (χ0n) is 10.7. The molecule has 3 heterocycles. The lowest BCUT2D eigenvalue weighted by Gasteiger charge is -2.34. The maximum absolute atomic E-state index is 12.5. The molecule has 0 atom stereocenters. The summed E-state index contributed by atoms with van der Waals surface area (Å²) in [5, 5.41) is 10.7. The van der Waals surface area contributed by atoms with Crippen LogP contribution in [0.1, 0.15) is 18.5 Å². The van der Waals surface area contributed by atoms with Crippen molar-refractivity contribution in [3.8, 4) is 0 Å². The summed E-state index contributed by atoms with van der Waals surface area (Å²) < 4.78 is 7.15. The first-order valence-corrected chi connectivity index (χ1v) is 6.29. The van der Waals surface area contributed by atoms with E-state index in [1.54, 1.807) is 4.68 Å². The third-order valence-electron chi connectivity index (χ3n) is 3.99. The molecule has 1 saturated heterocycles. The molecular formula is C12H18N4O2. The van der Waals surface area contributed by atoms with Crippen molar-refractivity contribution in [1.29, 1.82) is 0 Å². The number of carbonyl (C=O) groups is 1. The van der Waals surface area contributed by atoms with Gasteiger partial charge in [0.2, 0.25) is 5.91 Å². The number of nitrogens with zero attached hydrogens (tertiary/aromatic N) is 2. The number of hydrogen-bond acceptors (Lipinski definition) is 4. The van der Waals surface area contributed by atoms with E-state index in [9.17, 15) is 4.79 Å². The summed E-state index contributed by atoms with van der Waals surface area (Å²) >= 11 is 0. The molecule has 2 N–H and O–H groups in total. The van der Waals surface area contributed by atoms with Crippen molar-refractivity contribution in [3.63, 3.8) is 0 Å². The largest absolute Gasteiger partial charge is 0.381 e. The van der Waals surface area contributed by atoms with Crippen LogP contribution < -0.4 is 10.6 Å². The smallest absolute Gasteiger partial charge is 0.232 e. The van der Waals surface area contributed by atoms with Gasteiger partial charge in [0.05, 0.1) is 11.1 Å². The molecule has 3 rings (SSSR count). The standard InChI is InChI=1S/C12H18N4O2/c1-8-9-10(16(2)15-8)13-7-12(11(17)14-9)3-5-18-6-4-12/h13H,3-7H2,1-2H3,(H,14,17). The van der Waals surface area contributed by atoms with Crippen LogP contribution >= 0.6 is 0 Å². The van der Waals surface area contributed by atoms with Gasteiger partial charge >= 0.3 is 0 Å². The number of ether oxygens (including phenoxy) is 1. The number of aromatic nitrogens is 2. The van der Waals surface area contributed by atoms with Gasteiger partial charge in [-0.1, -0.05) is 0 Å². The summed E-state index contributed by atoms with van der Waals surface area (Å²) in [5.41, 5.74) is 1.31. The summed E-state index contributed by atoms with van der Waals surface area (Å²) in [6, 6.07) is 0. The van der Waals surface area contributed by atoms with E-state index in [0.717, 1.165) is 30.0 Å². The van der Waals surface area contributed by atoms with E-state index in [1.807, 2.05) is 14.0 Å². The van der Waals surface area contributed by atoms with Gasteiger partial charge in [-0.2, -0.15) is 5.10 Å². The second-order valence-corrected chi connectivity index (χ2v) is 5.13. The molecule has 1 amide bonds. The Morgan fingerprint density at radius 3 is 2.83 bits per heavy atom. The van der Waals surface area contributed by atoms with Crippen LogP contribution in [0.25, 0.3) is 0 Å².